The van der Waals surface area contributed by atoms with Gasteiger partial charge in [0, 0.05) is 30.2 Å². The smallest absolute Gasteiger partial charge is 0.404 e. The Hall–Kier alpha value is -2.50. The van der Waals surface area contributed by atoms with E-state index in [9.17, 15) is 9.59 Å². The zero-order chi connectivity index (χ0) is 13.7. The lowest BCUT2D eigenvalue weighted by Crippen LogP contribution is -2.23. The van der Waals surface area contributed by atoms with Crippen molar-refractivity contribution < 1.29 is 14.7 Å². The maximum absolute atomic E-state index is 10.4. The monoisotopic (exact) mass is 261 g/mol. The molecule has 0 aliphatic heterocycles. The fourth-order valence-corrected chi connectivity index (χ4v) is 2.01. The Bertz CT molecular complexity index is 592. The Balaban J connectivity index is 2.14. The summed E-state index contributed by atoms with van der Waals surface area (Å²) < 4.78 is 0. The predicted molar refractivity (Wildman–Crippen MR) is 70.9 cm³/mol. The quantitative estimate of drug-likeness (QED) is 0.589. The van der Waals surface area contributed by atoms with E-state index in [1.54, 1.807) is 0 Å². The zero-order valence-corrected chi connectivity index (χ0v) is 10.3. The van der Waals surface area contributed by atoms with Gasteiger partial charge in [-0.05, 0) is 29.7 Å². The normalized spacial score (nSPS) is 10.3. The van der Waals surface area contributed by atoms with Gasteiger partial charge >= 0.3 is 6.09 Å². The van der Waals surface area contributed by atoms with Gasteiger partial charge in [-0.1, -0.05) is 6.07 Å². The van der Waals surface area contributed by atoms with Crippen molar-refractivity contribution in [2.45, 2.75) is 13.0 Å². The van der Waals surface area contributed by atoms with Crippen molar-refractivity contribution in [3.05, 3.63) is 35.5 Å². The highest BCUT2D eigenvalue weighted by atomic mass is 16.4. The number of aromatic nitrogens is 1. The summed E-state index contributed by atoms with van der Waals surface area (Å²) in [6.45, 7) is 0.858. The molecule has 0 spiro atoms. The minimum Gasteiger partial charge on any atom is -0.465 e. The van der Waals surface area contributed by atoms with Crippen LogP contribution in [0.15, 0.2) is 24.4 Å². The largest absolute Gasteiger partial charge is 0.465 e. The van der Waals surface area contributed by atoms with Gasteiger partial charge in [-0.25, -0.2) is 4.79 Å². The lowest BCUT2D eigenvalue weighted by Gasteiger charge is -2.03. The van der Waals surface area contributed by atoms with E-state index < -0.39 is 6.09 Å². The summed E-state index contributed by atoms with van der Waals surface area (Å²) in [4.78, 5) is 23.8. The Kier molecular flexibility index (Phi) is 4.02. The van der Waals surface area contributed by atoms with Gasteiger partial charge in [0.1, 0.15) is 0 Å². The van der Waals surface area contributed by atoms with Crippen LogP contribution in [-0.2, 0) is 17.8 Å². The van der Waals surface area contributed by atoms with Crippen LogP contribution in [-0.4, -0.2) is 29.1 Å². The van der Waals surface area contributed by atoms with Crippen LogP contribution in [0.1, 0.15) is 11.1 Å². The van der Waals surface area contributed by atoms with Crippen LogP contribution in [0.25, 0.3) is 10.9 Å². The van der Waals surface area contributed by atoms with E-state index in [-0.39, 0.29) is 0 Å². The molecule has 6 heteroatoms. The topological polar surface area (TPSA) is 94.2 Å². The summed E-state index contributed by atoms with van der Waals surface area (Å²) in [5, 5.41) is 14.5. The summed E-state index contributed by atoms with van der Waals surface area (Å²) in [5.41, 5.74) is 3.06. The highest BCUT2D eigenvalue weighted by Gasteiger charge is 2.05. The van der Waals surface area contributed by atoms with Gasteiger partial charge in [0.2, 0.25) is 6.41 Å². The molecule has 0 saturated heterocycles. The van der Waals surface area contributed by atoms with Gasteiger partial charge in [0.25, 0.3) is 0 Å². The summed E-state index contributed by atoms with van der Waals surface area (Å²) in [7, 11) is 0. The molecule has 2 aromatic rings. The third kappa shape index (κ3) is 3.25. The van der Waals surface area contributed by atoms with Crippen LogP contribution in [0.5, 0.6) is 0 Å². The third-order valence-corrected chi connectivity index (χ3v) is 2.89. The number of fused-ring (bicyclic) bond motifs is 1. The zero-order valence-electron chi connectivity index (χ0n) is 10.3. The number of rotatable bonds is 6. The molecule has 0 unspecified atom stereocenters. The van der Waals surface area contributed by atoms with Crippen LogP contribution >= 0.6 is 0 Å². The first-order valence-electron chi connectivity index (χ1n) is 5.93. The molecule has 0 bridgehead atoms. The Morgan fingerprint density at radius 1 is 1.42 bits per heavy atom. The molecule has 2 rings (SSSR count). The Labute approximate surface area is 109 Å². The van der Waals surface area contributed by atoms with Gasteiger partial charge in [-0.3, -0.25) is 4.79 Å². The number of hydrogen-bond donors (Lipinski definition) is 4. The number of carbonyl (C=O) groups excluding carboxylic acids is 1. The van der Waals surface area contributed by atoms with Gasteiger partial charge in [-0.2, -0.15) is 0 Å². The number of nitrogens with one attached hydrogen (secondary N) is 3. The van der Waals surface area contributed by atoms with Gasteiger partial charge in [0.05, 0.1) is 0 Å². The fraction of sp³-hybridized carbons (Fsp3) is 0.231. The second kappa shape index (κ2) is 5.90. The number of aromatic amines is 1. The molecule has 4 N–H and O–H groups in total. The van der Waals surface area contributed by atoms with Crippen molar-refractivity contribution in [3.63, 3.8) is 0 Å². The molecule has 100 valence electrons. The number of amides is 2. The standard InChI is InChI=1S/C13H15N3O3/c17-8-14-6-9-1-2-12-11(5-9)10(7-16-12)3-4-15-13(18)19/h1-2,5,7-8,15-16H,3-4,6H2,(H,14,17)(H,18,19). The molecule has 19 heavy (non-hydrogen) atoms. The lowest BCUT2D eigenvalue weighted by molar-refractivity contribution is -0.109. The summed E-state index contributed by atoms with van der Waals surface area (Å²) in [5.74, 6) is 0. The van der Waals surface area contributed by atoms with Crippen LogP contribution in [0.2, 0.25) is 0 Å². The maximum Gasteiger partial charge on any atom is 0.404 e. The number of benzene rings is 1. The van der Waals surface area contributed by atoms with E-state index >= 15 is 0 Å². The van der Waals surface area contributed by atoms with Crippen LogP contribution in [0, 0.1) is 0 Å². The van der Waals surface area contributed by atoms with E-state index in [0.29, 0.717) is 25.9 Å². The van der Waals surface area contributed by atoms with Crippen molar-refractivity contribution in [1.29, 1.82) is 0 Å². The lowest BCUT2D eigenvalue weighted by atomic mass is 10.1. The van der Waals surface area contributed by atoms with Crippen LogP contribution < -0.4 is 10.6 Å². The van der Waals surface area contributed by atoms with Crippen molar-refractivity contribution >= 4 is 23.4 Å². The third-order valence-electron chi connectivity index (χ3n) is 2.89. The minimum absolute atomic E-state index is 0.374. The van der Waals surface area contributed by atoms with Crippen molar-refractivity contribution in [3.8, 4) is 0 Å². The second-order valence-corrected chi connectivity index (χ2v) is 4.17. The molecule has 1 aromatic carbocycles. The molecule has 0 aliphatic carbocycles. The van der Waals surface area contributed by atoms with E-state index in [1.165, 1.54) is 0 Å². The maximum atomic E-state index is 10.4. The first kappa shape index (κ1) is 12.9. The molecule has 0 fully saturated rings. The number of hydrogen-bond acceptors (Lipinski definition) is 2. The molecule has 0 aliphatic rings. The highest BCUT2D eigenvalue weighted by Crippen LogP contribution is 2.20. The first-order valence-corrected chi connectivity index (χ1v) is 5.93. The molecular formula is C13H15N3O3. The molecule has 0 saturated carbocycles. The Morgan fingerprint density at radius 2 is 2.26 bits per heavy atom. The fourth-order valence-electron chi connectivity index (χ4n) is 2.01. The molecule has 6 nitrogen and oxygen atoms in total. The van der Waals surface area contributed by atoms with Crippen LogP contribution in [0.3, 0.4) is 0 Å². The first-order chi connectivity index (χ1) is 9.20. The number of H-pyrrole nitrogens is 1. The van der Waals surface area contributed by atoms with Crippen molar-refractivity contribution in [2.24, 2.45) is 0 Å². The molecular weight excluding hydrogens is 246 g/mol. The molecule has 0 atom stereocenters. The van der Waals surface area contributed by atoms with Crippen molar-refractivity contribution in [2.75, 3.05) is 6.54 Å². The van der Waals surface area contributed by atoms with E-state index in [1.807, 2.05) is 24.4 Å². The van der Waals surface area contributed by atoms with E-state index in [0.717, 1.165) is 22.0 Å². The highest BCUT2D eigenvalue weighted by molar-refractivity contribution is 5.84. The average Bonchev–Trinajstić information content (AvgIpc) is 2.79. The average molecular weight is 261 g/mol. The number of carboxylic acid groups (broad SMARTS) is 1. The van der Waals surface area contributed by atoms with Gasteiger partial charge in [-0.15, -0.1) is 0 Å². The summed E-state index contributed by atoms with van der Waals surface area (Å²) in [6, 6.07) is 5.89. The van der Waals surface area contributed by atoms with E-state index in [2.05, 4.69) is 15.6 Å². The molecule has 2 amide bonds. The van der Waals surface area contributed by atoms with Crippen molar-refractivity contribution in [1.82, 2.24) is 15.6 Å². The summed E-state index contributed by atoms with van der Waals surface area (Å²) >= 11 is 0. The van der Waals surface area contributed by atoms with Crippen LogP contribution in [0.4, 0.5) is 4.79 Å². The second-order valence-electron chi connectivity index (χ2n) is 4.17. The van der Waals surface area contributed by atoms with Gasteiger partial charge < -0.3 is 20.7 Å². The van der Waals surface area contributed by atoms with E-state index in [4.69, 9.17) is 5.11 Å². The summed E-state index contributed by atoms with van der Waals surface area (Å²) in [6.07, 6.45) is 2.15. The van der Waals surface area contributed by atoms with Gasteiger partial charge in [0.15, 0.2) is 0 Å². The molecule has 0 radical (unpaired) electrons. The number of carbonyl (C=O) groups is 2. The minimum atomic E-state index is -1.02. The molecule has 1 heterocycles. The SMILES string of the molecule is O=CNCc1ccc2[nH]cc(CCNC(=O)O)c2c1. The Morgan fingerprint density at radius 3 is 3.00 bits per heavy atom. The predicted octanol–water partition coefficient (Wildman–Crippen LogP) is 1.22. The molecule has 1 aromatic heterocycles.